The monoisotopic (exact) mass is 261 g/mol. The van der Waals surface area contributed by atoms with E-state index in [1.165, 1.54) is 0 Å². The van der Waals surface area contributed by atoms with Crippen LogP contribution in [-0.2, 0) is 4.79 Å². The fourth-order valence-corrected chi connectivity index (χ4v) is 2.26. The lowest BCUT2D eigenvalue weighted by Crippen LogP contribution is -2.48. The van der Waals surface area contributed by atoms with Crippen LogP contribution in [0, 0.1) is 5.92 Å². The Balaban J connectivity index is 2.19. The van der Waals surface area contributed by atoms with E-state index in [-0.39, 0.29) is 17.9 Å². The number of nitrogens with zero attached hydrogens (tertiary/aromatic N) is 2. The van der Waals surface area contributed by atoms with Gasteiger partial charge in [-0.3, -0.25) is 9.78 Å². The highest BCUT2D eigenvalue weighted by Gasteiger charge is 2.39. The molecule has 1 amide bonds. The van der Waals surface area contributed by atoms with Crippen LogP contribution in [0.25, 0.3) is 0 Å². The second kappa shape index (κ2) is 5.70. The van der Waals surface area contributed by atoms with Crippen LogP contribution >= 0.6 is 0 Å². The summed E-state index contributed by atoms with van der Waals surface area (Å²) >= 11 is 0. The molecule has 4 heteroatoms. The normalized spacial score (nSPS) is 18.2. The second-order valence-electron chi connectivity index (χ2n) is 5.68. The summed E-state index contributed by atoms with van der Waals surface area (Å²) in [5.41, 5.74) is 6.96. The van der Waals surface area contributed by atoms with Crippen LogP contribution in [0.4, 0.5) is 0 Å². The zero-order valence-electron chi connectivity index (χ0n) is 11.9. The number of carbonyl (C=O) groups is 1. The van der Waals surface area contributed by atoms with Crippen molar-refractivity contribution in [3.63, 3.8) is 0 Å². The molecule has 1 aliphatic carbocycles. The van der Waals surface area contributed by atoms with Gasteiger partial charge in [-0.15, -0.1) is 0 Å². The van der Waals surface area contributed by atoms with Gasteiger partial charge in [-0.1, -0.05) is 19.9 Å². The molecule has 0 radical (unpaired) electrons. The third-order valence-electron chi connectivity index (χ3n) is 3.73. The molecule has 0 aliphatic heterocycles. The predicted molar refractivity (Wildman–Crippen MR) is 75.3 cm³/mol. The maximum atomic E-state index is 12.6. The molecule has 0 saturated heterocycles. The van der Waals surface area contributed by atoms with E-state index in [4.69, 9.17) is 5.73 Å². The van der Waals surface area contributed by atoms with Crippen molar-refractivity contribution in [3.8, 4) is 0 Å². The number of hydrogen-bond acceptors (Lipinski definition) is 3. The van der Waals surface area contributed by atoms with Gasteiger partial charge in [0.1, 0.15) is 0 Å². The molecule has 0 spiro atoms. The van der Waals surface area contributed by atoms with E-state index in [1.54, 1.807) is 6.20 Å². The van der Waals surface area contributed by atoms with Gasteiger partial charge in [-0.2, -0.15) is 0 Å². The van der Waals surface area contributed by atoms with Crippen LogP contribution in [0.2, 0.25) is 0 Å². The van der Waals surface area contributed by atoms with E-state index in [2.05, 4.69) is 4.98 Å². The van der Waals surface area contributed by atoms with Crippen molar-refractivity contribution in [2.45, 2.75) is 51.7 Å². The molecule has 1 aromatic heterocycles. The smallest absolute Gasteiger partial charge is 0.240 e. The van der Waals surface area contributed by atoms with Gasteiger partial charge in [0.25, 0.3) is 0 Å². The lowest BCUT2D eigenvalue weighted by Gasteiger charge is -2.32. The molecule has 1 saturated carbocycles. The minimum atomic E-state index is -0.424. The van der Waals surface area contributed by atoms with Crippen LogP contribution < -0.4 is 5.73 Å². The average Bonchev–Trinajstić information content (AvgIpc) is 3.23. The Morgan fingerprint density at radius 3 is 2.53 bits per heavy atom. The van der Waals surface area contributed by atoms with Crippen LogP contribution in [0.5, 0.6) is 0 Å². The van der Waals surface area contributed by atoms with Gasteiger partial charge >= 0.3 is 0 Å². The van der Waals surface area contributed by atoms with Crippen molar-refractivity contribution in [1.82, 2.24) is 9.88 Å². The zero-order chi connectivity index (χ0) is 14.0. The maximum absolute atomic E-state index is 12.6. The molecule has 4 nitrogen and oxygen atoms in total. The van der Waals surface area contributed by atoms with E-state index in [1.807, 2.05) is 43.9 Å². The number of rotatable bonds is 5. The summed E-state index contributed by atoms with van der Waals surface area (Å²) in [6.45, 7) is 6.00. The molecule has 1 aromatic rings. The van der Waals surface area contributed by atoms with Gasteiger partial charge in [0.15, 0.2) is 0 Å². The van der Waals surface area contributed by atoms with Crippen molar-refractivity contribution in [2.75, 3.05) is 0 Å². The van der Waals surface area contributed by atoms with Gasteiger partial charge in [-0.05, 0) is 37.8 Å². The largest absolute Gasteiger partial charge is 0.330 e. The standard InChI is InChI=1S/C15H23N3O/c1-10(2)14(16)15(19)18(12-7-8-12)11(3)13-6-4-5-9-17-13/h4-6,9-12,14H,7-8,16H2,1-3H3/t11-,14?/m0/s1. The Morgan fingerprint density at radius 2 is 2.05 bits per heavy atom. The van der Waals surface area contributed by atoms with Crippen LogP contribution in [0.15, 0.2) is 24.4 Å². The Kier molecular flexibility index (Phi) is 4.20. The van der Waals surface area contributed by atoms with Crippen LogP contribution in [0.1, 0.15) is 45.3 Å². The molecule has 1 aliphatic rings. The molecule has 104 valence electrons. The van der Waals surface area contributed by atoms with Crippen molar-refractivity contribution in [3.05, 3.63) is 30.1 Å². The molecule has 1 fully saturated rings. The maximum Gasteiger partial charge on any atom is 0.240 e. The second-order valence-corrected chi connectivity index (χ2v) is 5.68. The Hall–Kier alpha value is -1.42. The summed E-state index contributed by atoms with van der Waals surface area (Å²) in [5.74, 6) is 0.209. The molecule has 2 rings (SSSR count). The first-order valence-corrected chi connectivity index (χ1v) is 7.01. The summed E-state index contributed by atoms with van der Waals surface area (Å²) in [5, 5.41) is 0. The Morgan fingerprint density at radius 1 is 1.37 bits per heavy atom. The van der Waals surface area contributed by atoms with Crippen molar-refractivity contribution in [1.29, 1.82) is 0 Å². The molecule has 1 unspecified atom stereocenters. The van der Waals surface area contributed by atoms with Gasteiger partial charge in [0.2, 0.25) is 5.91 Å². The topological polar surface area (TPSA) is 59.2 Å². The Bertz CT molecular complexity index is 428. The number of amides is 1. The minimum absolute atomic E-state index is 0.00833. The molecule has 2 atom stereocenters. The summed E-state index contributed by atoms with van der Waals surface area (Å²) < 4.78 is 0. The van der Waals surface area contributed by atoms with Crippen molar-refractivity contribution in [2.24, 2.45) is 11.7 Å². The first-order chi connectivity index (χ1) is 9.02. The number of carbonyl (C=O) groups excluding carboxylic acids is 1. The van der Waals surface area contributed by atoms with Gasteiger partial charge < -0.3 is 10.6 Å². The van der Waals surface area contributed by atoms with E-state index >= 15 is 0 Å². The molecule has 0 aromatic carbocycles. The fraction of sp³-hybridized carbons (Fsp3) is 0.600. The summed E-state index contributed by atoms with van der Waals surface area (Å²) in [6.07, 6.45) is 3.92. The van der Waals surface area contributed by atoms with Gasteiger partial charge in [-0.25, -0.2) is 0 Å². The molecule has 19 heavy (non-hydrogen) atoms. The summed E-state index contributed by atoms with van der Waals surface area (Å²) in [4.78, 5) is 18.9. The molecule has 1 heterocycles. The Labute approximate surface area is 115 Å². The molecule has 0 bridgehead atoms. The van der Waals surface area contributed by atoms with Gasteiger partial charge in [0.05, 0.1) is 17.8 Å². The molecular formula is C15H23N3O. The third-order valence-corrected chi connectivity index (χ3v) is 3.73. The predicted octanol–water partition coefficient (Wildman–Crippen LogP) is 2.12. The number of hydrogen-bond donors (Lipinski definition) is 1. The SMILES string of the molecule is CC(C)C(N)C(=O)N(C1CC1)[C@@H](C)c1ccccn1. The highest BCUT2D eigenvalue weighted by molar-refractivity contribution is 5.83. The summed E-state index contributed by atoms with van der Waals surface area (Å²) in [6, 6.07) is 5.72. The zero-order valence-corrected chi connectivity index (χ0v) is 11.9. The highest BCUT2D eigenvalue weighted by Crippen LogP contribution is 2.34. The third kappa shape index (κ3) is 3.13. The number of nitrogens with two attached hydrogens (primary N) is 1. The van der Waals surface area contributed by atoms with E-state index < -0.39 is 6.04 Å². The van der Waals surface area contributed by atoms with E-state index in [0.717, 1.165) is 18.5 Å². The fourth-order valence-electron chi connectivity index (χ4n) is 2.26. The first kappa shape index (κ1) is 14.0. The first-order valence-electron chi connectivity index (χ1n) is 7.01. The van der Waals surface area contributed by atoms with Crippen LogP contribution in [0.3, 0.4) is 0 Å². The van der Waals surface area contributed by atoms with E-state index in [9.17, 15) is 4.79 Å². The van der Waals surface area contributed by atoms with Crippen molar-refractivity contribution >= 4 is 5.91 Å². The van der Waals surface area contributed by atoms with Crippen LogP contribution in [-0.4, -0.2) is 27.9 Å². The molecular weight excluding hydrogens is 238 g/mol. The number of pyridine rings is 1. The lowest BCUT2D eigenvalue weighted by atomic mass is 10.0. The lowest BCUT2D eigenvalue weighted by molar-refractivity contribution is -0.136. The number of aromatic nitrogens is 1. The quantitative estimate of drug-likeness (QED) is 0.883. The van der Waals surface area contributed by atoms with E-state index in [0.29, 0.717) is 6.04 Å². The van der Waals surface area contributed by atoms with Gasteiger partial charge in [0, 0.05) is 12.2 Å². The van der Waals surface area contributed by atoms with Crippen molar-refractivity contribution < 1.29 is 4.79 Å². The molecule has 2 N–H and O–H groups in total. The summed E-state index contributed by atoms with van der Waals surface area (Å²) in [7, 11) is 0. The highest BCUT2D eigenvalue weighted by atomic mass is 16.2. The minimum Gasteiger partial charge on any atom is -0.330 e. The average molecular weight is 261 g/mol.